The van der Waals surface area contributed by atoms with Crippen LogP contribution in [0.25, 0.3) is 5.57 Å². The van der Waals surface area contributed by atoms with Crippen LogP contribution in [-0.2, 0) is 4.79 Å². The number of hydrogen-bond donors (Lipinski definition) is 1. The van der Waals surface area contributed by atoms with E-state index in [0.29, 0.717) is 23.1 Å². The Hall–Kier alpha value is -2.76. The molecule has 6 heteroatoms. The summed E-state index contributed by atoms with van der Waals surface area (Å²) in [6, 6.07) is 21.1. The molecular formula is C24H20BrClO4. The van der Waals surface area contributed by atoms with E-state index < -0.39 is 5.97 Å². The fourth-order valence-electron chi connectivity index (χ4n) is 2.90. The van der Waals surface area contributed by atoms with E-state index in [-0.39, 0.29) is 6.61 Å². The normalized spacial score (nSPS) is 11.2. The average molecular weight is 488 g/mol. The summed E-state index contributed by atoms with van der Waals surface area (Å²) >= 11 is 9.51. The second-order valence-corrected chi connectivity index (χ2v) is 7.90. The van der Waals surface area contributed by atoms with Crippen molar-refractivity contribution in [3.8, 4) is 11.5 Å². The Balaban J connectivity index is 1.77. The van der Waals surface area contributed by atoms with Gasteiger partial charge in [-0.05, 0) is 77.7 Å². The van der Waals surface area contributed by atoms with Crippen molar-refractivity contribution in [1.82, 2.24) is 0 Å². The summed E-state index contributed by atoms with van der Waals surface area (Å²) in [6.45, 7) is 1.84. The molecule has 0 aromatic heterocycles. The molecule has 3 aromatic carbocycles. The summed E-state index contributed by atoms with van der Waals surface area (Å²) in [5, 5.41) is 9.43. The Labute approximate surface area is 188 Å². The van der Waals surface area contributed by atoms with Crippen molar-refractivity contribution in [2.24, 2.45) is 0 Å². The first kappa shape index (κ1) is 21.9. The van der Waals surface area contributed by atoms with Gasteiger partial charge < -0.3 is 14.6 Å². The molecule has 154 valence electrons. The Morgan fingerprint density at radius 2 is 1.63 bits per heavy atom. The van der Waals surface area contributed by atoms with Crippen LogP contribution >= 0.6 is 27.5 Å². The molecule has 3 rings (SSSR count). The number of ether oxygens (including phenoxy) is 2. The number of hydrogen-bond acceptors (Lipinski definition) is 3. The highest BCUT2D eigenvalue weighted by Gasteiger charge is 2.07. The average Bonchev–Trinajstić information content (AvgIpc) is 2.72. The van der Waals surface area contributed by atoms with Crippen LogP contribution in [0.1, 0.15) is 16.7 Å². The van der Waals surface area contributed by atoms with Crippen molar-refractivity contribution < 1.29 is 19.4 Å². The molecule has 0 heterocycles. The number of carbonyl (C=O) groups is 1. The lowest BCUT2D eigenvalue weighted by Gasteiger charge is -2.12. The van der Waals surface area contributed by atoms with Gasteiger partial charge in [-0.1, -0.05) is 51.8 Å². The van der Waals surface area contributed by atoms with Crippen LogP contribution in [0.4, 0.5) is 0 Å². The number of rotatable bonds is 8. The third-order valence-corrected chi connectivity index (χ3v) is 5.13. The number of halogens is 2. The van der Waals surface area contributed by atoms with Crippen LogP contribution in [0.5, 0.6) is 11.5 Å². The third-order valence-electron chi connectivity index (χ3n) is 4.35. The van der Waals surface area contributed by atoms with Gasteiger partial charge in [0.25, 0.3) is 0 Å². The van der Waals surface area contributed by atoms with E-state index in [9.17, 15) is 4.79 Å². The van der Waals surface area contributed by atoms with Crippen molar-refractivity contribution in [1.29, 1.82) is 0 Å². The standard InChI is InChI=1S/C24H20BrClO4/c1-16-14-21(10-11-23(16)30-15-24(27)28)29-13-12-22(17-2-6-19(25)7-3-17)18-4-8-20(26)9-5-18/h2-12,14H,13,15H2,1H3,(H,27,28). The molecule has 1 N–H and O–H groups in total. The van der Waals surface area contributed by atoms with Crippen LogP contribution in [0.15, 0.2) is 77.3 Å². The Kier molecular flexibility index (Phi) is 7.55. The minimum atomic E-state index is -1.01. The maximum absolute atomic E-state index is 10.7. The minimum Gasteiger partial charge on any atom is -0.489 e. The van der Waals surface area contributed by atoms with Gasteiger partial charge in [-0.25, -0.2) is 4.79 Å². The first-order valence-corrected chi connectivity index (χ1v) is 10.4. The van der Waals surface area contributed by atoms with Crippen LogP contribution in [0, 0.1) is 6.92 Å². The zero-order valence-electron chi connectivity index (χ0n) is 16.3. The third kappa shape index (κ3) is 6.12. The van der Waals surface area contributed by atoms with E-state index in [2.05, 4.69) is 15.9 Å². The van der Waals surface area contributed by atoms with Crippen LogP contribution < -0.4 is 9.47 Å². The molecule has 0 fully saturated rings. The fourth-order valence-corrected chi connectivity index (χ4v) is 3.29. The van der Waals surface area contributed by atoms with Crippen molar-refractivity contribution in [3.63, 3.8) is 0 Å². The van der Waals surface area contributed by atoms with Gasteiger partial charge in [0.05, 0.1) is 0 Å². The lowest BCUT2D eigenvalue weighted by molar-refractivity contribution is -0.139. The van der Waals surface area contributed by atoms with Gasteiger partial charge in [0.15, 0.2) is 6.61 Å². The van der Waals surface area contributed by atoms with Crippen molar-refractivity contribution >= 4 is 39.1 Å². The SMILES string of the molecule is Cc1cc(OCC=C(c2ccc(Cl)cc2)c2ccc(Br)cc2)ccc1OCC(=O)O. The Bertz CT molecular complexity index is 996. The van der Waals surface area contributed by atoms with Crippen molar-refractivity contribution in [2.45, 2.75) is 6.92 Å². The lowest BCUT2D eigenvalue weighted by atomic mass is 9.98. The second kappa shape index (κ2) is 10.3. The summed E-state index contributed by atoms with van der Waals surface area (Å²) in [5.41, 5.74) is 3.96. The van der Waals surface area contributed by atoms with E-state index in [1.807, 2.05) is 67.6 Å². The van der Waals surface area contributed by atoms with Gasteiger partial charge in [0.1, 0.15) is 18.1 Å². The maximum atomic E-state index is 10.7. The van der Waals surface area contributed by atoms with Gasteiger partial charge in [-0.2, -0.15) is 0 Å². The van der Waals surface area contributed by atoms with Crippen molar-refractivity contribution in [3.05, 3.63) is 99.0 Å². The molecule has 4 nitrogen and oxygen atoms in total. The van der Waals surface area contributed by atoms with Gasteiger partial charge in [-0.15, -0.1) is 0 Å². The molecule has 0 aliphatic carbocycles. The first-order chi connectivity index (χ1) is 14.4. The molecule has 30 heavy (non-hydrogen) atoms. The van der Waals surface area contributed by atoms with Crippen LogP contribution in [0.2, 0.25) is 5.02 Å². The van der Waals surface area contributed by atoms with Crippen LogP contribution in [0.3, 0.4) is 0 Å². The first-order valence-electron chi connectivity index (χ1n) is 9.22. The van der Waals surface area contributed by atoms with E-state index in [0.717, 1.165) is 26.7 Å². The van der Waals surface area contributed by atoms with Gasteiger partial charge in [0.2, 0.25) is 0 Å². The predicted molar refractivity (Wildman–Crippen MR) is 122 cm³/mol. The maximum Gasteiger partial charge on any atom is 0.341 e. The number of carboxylic acids is 1. The highest BCUT2D eigenvalue weighted by molar-refractivity contribution is 9.10. The highest BCUT2D eigenvalue weighted by Crippen LogP contribution is 2.27. The summed E-state index contributed by atoms with van der Waals surface area (Å²) < 4.78 is 12.2. The number of aryl methyl sites for hydroxylation is 1. The smallest absolute Gasteiger partial charge is 0.341 e. The molecule has 0 radical (unpaired) electrons. The summed E-state index contributed by atoms with van der Waals surface area (Å²) in [5.74, 6) is 0.192. The summed E-state index contributed by atoms with van der Waals surface area (Å²) in [6.07, 6.45) is 2.02. The fraction of sp³-hybridized carbons (Fsp3) is 0.125. The molecule has 0 unspecified atom stereocenters. The summed E-state index contributed by atoms with van der Waals surface area (Å²) in [7, 11) is 0. The zero-order chi connectivity index (χ0) is 21.5. The Morgan fingerprint density at radius 1 is 1.00 bits per heavy atom. The van der Waals surface area contributed by atoms with E-state index in [4.69, 9.17) is 26.2 Å². The number of benzene rings is 3. The van der Waals surface area contributed by atoms with Crippen LogP contribution in [-0.4, -0.2) is 24.3 Å². The van der Waals surface area contributed by atoms with Gasteiger partial charge >= 0.3 is 5.97 Å². The minimum absolute atomic E-state index is 0.364. The quantitative estimate of drug-likeness (QED) is 0.400. The second-order valence-electron chi connectivity index (χ2n) is 6.55. The molecule has 0 bridgehead atoms. The monoisotopic (exact) mass is 486 g/mol. The zero-order valence-corrected chi connectivity index (χ0v) is 18.6. The molecule has 0 saturated heterocycles. The molecule has 0 aliphatic rings. The molecule has 0 atom stereocenters. The topological polar surface area (TPSA) is 55.8 Å². The van der Waals surface area contributed by atoms with E-state index in [1.54, 1.807) is 12.1 Å². The van der Waals surface area contributed by atoms with E-state index in [1.165, 1.54) is 0 Å². The number of aliphatic carboxylic acids is 1. The molecular weight excluding hydrogens is 468 g/mol. The summed E-state index contributed by atoms with van der Waals surface area (Å²) in [4.78, 5) is 10.7. The van der Waals surface area contributed by atoms with Gasteiger partial charge in [-0.3, -0.25) is 0 Å². The predicted octanol–water partition coefficient (Wildman–Crippen LogP) is 6.39. The molecule has 3 aromatic rings. The Morgan fingerprint density at radius 3 is 2.23 bits per heavy atom. The number of carboxylic acid groups (broad SMARTS) is 1. The van der Waals surface area contributed by atoms with Gasteiger partial charge in [0, 0.05) is 9.50 Å². The molecule has 0 saturated carbocycles. The molecule has 0 spiro atoms. The van der Waals surface area contributed by atoms with Crippen molar-refractivity contribution in [2.75, 3.05) is 13.2 Å². The molecule has 0 aliphatic heterocycles. The highest BCUT2D eigenvalue weighted by atomic mass is 79.9. The lowest BCUT2D eigenvalue weighted by Crippen LogP contribution is -2.10. The largest absolute Gasteiger partial charge is 0.489 e. The van der Waals surface area contributed by atoms with E-state index >= 15 is 0 Å². The molecule has 0 amide bonds.